The highest BCUT2D eigenvalue weighted by atomic mass is 16.5. The average molecular weight is 771 g/mol. The third-order valence-corrected chi connectivity index (χ3v) is 10.8. The Hall–Kier alpha value is -5.80. The first-order chi connectivity index (χ1) is 26.9. The van der Waals surface area contributed by atoms with Gasteiger partial charge in [0.1, 0.15) is 46.4 Å². The molecule has 4 aromatic heterocycles. The van der Waals surface area contributed by atoms with Gasteiger partial charge in [-0.15, -0.1) is 0 Å². The van der Waals surface area contributed by atoms with Gasteiger partial charge in [-0.2, -0.15) is 0 Å². The lowest BCUT2D eigenvalue weighted by atomic mass is 10.0. The van der Waals surface area contributed by atoms with Crippen LogP contribution in [0, 0.1) is 11.8 Å². The monoisotopic (exact) mass is 770 g/mol. The Kier molecular flexibility index (Phi) is 11.1. The van der Waals surface area contributed by atoms with E-state index < -0.39 is 24.3 Å². The van der Waals surface area contributed by atoms with Gasteiger partial charge in [-0.05, 0) is 55.7 Å². The standard InChI is InChI=1S/C40H50N8O8/c1-21(2)33(45-39(51)53-5)37(49)47-11-7-9-29(47)35-41-19-25(43-35)16-27-14-23-13-24-15-28(56-32(24)18-31(23)55-27)17-26-20-42-36(44-26)30-10-8-12-48(30)38(50)34(22(3)4)46-40(52)54-6/h13-15,18-22,29-30,33-34H,7-12,16-17H2,1-6H3,(H,41,43)(H,42,44)(H,45,51)(H,46,52). The first kappa shape index (κ1) is 38.5. The summed E-state index contributed by atoms with van der Waals surface area (Å²) in [5, 5.41) is 7.26. The SMILES string of the molecule is COC(=O)NC(C(=O)N1CCCC1c1ncc(Cc2cc3cc4cc(Cc5cnc(C6CCCN6C(=O)C(NC(=O)OC)C(C)C)[nH]5)oc4cc3o2)[nH]1)C(C)C. The molecule has 4 N–H and O–H groups in total. The second kappa shape index (κ2) is 16.1. The summed E-state index contributed by atoms with van der Waals surface area (Å²) in [6, 6.07) is 6.14. The van der Waals surface area contributed by atoms with E-state index in [1.807, 2.05) is 52.0 Å². The molecule has 2 fully saturated rings. The van der Waals surface area contributed by atoms with E-state index in [2.05, 4.69) is 30.6 Å². The van der Waals surface area contributed by atoms with Gasteiger partial charge in [0.15, 0.2) is 0 Å². The number of ether oxygens (including phenoxy) is 2. The van der Waals surface area contributed by atoms with E-state index in [1.165, 1.54) is 14.2 Å². The highest BCUT2D eigenvalue weighted by molar-refractivity contribution is 5.94. The molecule has 16 heteroatoms. The molecule has 0 radical (unpaired) electrons. The summed E-state index contributed by atoms with van der Waals surface area (Å²) < 4.78 is 22.0. The van der Waals surface area contributed by atoms with Crippen LogP contribution in [-0.2, 0) is 31.9 Å². The van der Waals surface area contributed by atoms with Gasteiger partial charge in [0.05, 0.1) is 26.3 Å². The van der Waals surface area contributed by atoms with E-state index in [9.17, 15) is 19.2 Å². The molecule has 2 aliphatic heterocycles. The van der Waals surface area contributed by atoms with Gasteiger partial charge < -0.3 is 48.7 Å². The minimum Gasteiger partial charge on any atom is -0.461 e. The number of benzene rings is 1. The Morgan fingerprint density at radius 2 is 1.14 bits per heavy atom. The third kappa shape index (κ3) is 7.95. The topological polar surface area (TPSA) is 201 Å². The van der Waals surface area contributed by atoms with Crippen molar-refractivity contribution in [2.75, 3.05) is 27.3 Å². The van der Waals surface area contributed by atoms with Crippen molar-refractivity contribution in [1.82, 2.24) is 40.4 Å². The first-order valence-corrected chi connectivity index (χ1v) is 19.2. The van der Waals surface area contributed by atoms with Crippen LogP contribution >= 0.6 is 0 Å². The average Bonchev–Trinajstić information content (AvgIpc) is 4.02. The molecule has 2 aliphatic rings. The zero-order valence-corrected chi connectivity index (χ0v) is 32.6. The number of rotatable bonds is 12. The fourth-order valence-corrected chi connectivity index (χ4v) is 7.89. The van der Waals surface area contributed by atoms with Crippen molar-refractivity contribution in [1.29, 1.82) is 0 Å². The molecular formula is C40H50N8O8. The first-order valence-electron chi connectivity index (χ1n) is 19.2. The molecule has 0 aliphatic carbocycles. The van der Waals surface area contributed by atoms with Crippen LogP contribution in [-0.4, -0.2) is 93.1 Å². The molecule has 2 saturated heterocycles. The minimum atomic E-state index is -0.697. The van der Waals surface area contributed by atoms with Crippen LogP contribution in [0.2, 0.25) is 0 Å². The molecule has 4 unspecified atom stereocenters. The van der Waals surface area contributed by atoms with Crippen molar-refractivity contribution in [3.63, 3.8) is 0 Å². The number of nitrogens with one attached hydrogen (secondary N) is 4. The van der Waals surface area contributed by atoms with Crippen molar-refractivity contribution in [3.8, 4) is 0 Å². The molecule has 1 aromatic carbocycles. The predicted octanol–water partition coefficient (Wildman–Crippen LogP) is 5.90. The molecule has 5 aromatic rings. The van der Waals surface area contributed by atoms with Crippen molar-refractivity contribution in [2.45, 2.75) is 90.4 Å². The number of nitrogens with zero attached hydrogens (tertiary/aromatic N) is 4. The molecule has 0 bridgehead atoms. The highest BCUT2D eigenvalue weighted by Gasteiger charge is 2.39. The lowest BCUT2D eigenvalue weighted by Crippen LogP contribution is -2.51. The zero-order chi connectivity index (χ0) is 39.7. The van der Waals surface area contributed by atoms with Crippen molar-refractivity contribution >= 4 is 45.9 Å². The number of carbonyl (C=O) groups excluding carboxylic acids is 4. The van der Waals surface area contributed by atoms with Gasteiger partial charge in [0, 0.05) is 66.6 Å². The number of fused-ring (bicyclic) bond motifs is 2. The number of aromatic amines is 2. The van der Waals surface area contributed by atoms with Crippen LogP contribution < -0.4 is 10.6 Å². The number of aromatic nitrogens is 4. The molecule has 7 rings (SSSR count). The van der Waals surface area contributed by atoms with Crippen molar-refractivity contribution < 1.29 is 37.5 Å². The van der Waals surface area contributed by atoms with Crippen LogP contribution in [0.3, 0.4) is 0 Å². The number of methoxy groups -OCH3 is 2. The van der Waals surface area contributed by atoms with Crippen LogP contribution in [0.25, 0.3) is 21.9 Å². The maximum Gasteiger partial charge on any atom is 0.407 e. The summed E-state index contributed by atoms with van der Waals surface area (Å²) in [5.74, 6) is 2.40. The minimum absolute atomic E-state index is 0.113. The lowest BCUT2D eigenvalue weighted by Gasteiger charge is -2.30. The Bertz CT molecular complexity index is 2010. The van der Waals surface area contributed by atoms with E-state index in [1.54, 1.807) is 22.2 Å². The zero-order valence-electron chi connectivity index (χ0n) is 32.6. The van der Waals surface area contributed by atoms with Gasteiger partial charge in [-0.25, -0.2) is 19.6 Å². The van der Waals surface area contributed by atoms with E-state index in [0.717, 1.165) is 59.4 Å². The molecule has 4 amide bonds. The normalized spacial score (nSPS) is 18.3. The number of carbonyl (C=O) groups is 4. The number of likely N-dealkylation sites (tertiary alicyclic amines) is 2. The molecule has 56 heavy (non-hydrogen) atoms. The molecule has 0 saturated carbocycles. The molecule has 6 heterocycles. The fraction of sp³-hybridized carbons (Fsp3) is 0.500. The maximum absolute atomic E-state index is 13.5. The summed E-state index contributed by atoms with van der Waals surface area (Å²) in [4.78, 5) is 70.6. The summed E-state index contributed by atoms with van der Waals surface area (Å²) in [5.41, 5.74) is 3.13. The third-order valence-electron chi connectivity index (χ3n) is 10.8. The molecule has 0 spiro atoms. The molecule has 4 atom stereocenters. The van der Waals surface area contributed by atoms with Crippen molar-refractivity contribution in [3.05, 3.63) is 71.2 Å². The summed E-state index contributed by atoms with van der Waals surface area (Å²) in [6.07, 6.45) is 6.48. The number of imidazole rings is 2. The van der Waals surface area contributed by atoms with Crippen LogP contribution in [0.15, 0.2) is 45.5 Å². The van der Waals surface area contributed by atoms with Crippen LogP contribution in [0.1, 0.15) is 100 Å². The second-order valence-electron chi connectivity index (χ2n) is 15.4. The Morgan fingerprint density at radius 3 is 1.54 bits per heavy atom. The number of furan rings is 2. The van der Waals surface area contributed by atoms with Gasteiger partial charge in [-0.1, -0.05) is 27.7 Å². The highest BCUT2D eigenvalue weighted by Crippen LogP contribution is 2.34. The van der Waals surface area contributed by atoms with Crippen LogP contribution in [0.5, 0.6) is 0 Å². The van der Waals surface area contributed by atoms with Crippen LogP contribution in [0.4, 0.5) is 9.59 Å². The predicted molar refractivity (Wildman–Crippen MR) is 204 cm³/mol. The molecule has 16 nitrogen and oxygen atoms in total. The lowest BCUT2D eigenvalue weighted by molar-refractivity contribution is -0.136. The summed E-state index contributed by atoms with van der Waals surface area (Å²) in [7, 11) is 2.57. The maximum atomic E-state index is 13.5. The smallest absolute Gasteiger partial charge is 0.407 e. The van der Waals surface area contributed by atoms with E-state index in [4.69, 9.17) is 18.3 Å². The number of hydrogen-bond donors (Lipinski definition) is 4. The second-order valence-corrected chi connectivity index (χ2v) is 15.4. The number of amides is 4. The summed E-state index contributed by atoms with van der Waals surface area (Å²) >= 11 is 0. The van der Waals surface area contributed by atoms with E-state index in [-0.39, 0.29) is 35.7 Å². The number of hydrogen-bond acceptors (Lipinski definition) is 10. The van der Waals surface area contributed by atoms with Crippen molar-refractivity contribution in [2.24, 2.45) is 11.8 Å². The Balaban J connectivity index is 1.000. The Labute approximate surface area is 324 Å². The van der Waals surface area contributed by atoms with Gasteiger partial charge in [-0.3, -0.25) is 9.59 Å². The summed E-state index contributed by atoms with van der Waals surface area (Å²) in [6.45, 7) is 8.74. The number of H-pyrrole nitrogens is 2. The fourth-order valence-electron chi connectivity index (χ4n) is 7.89. The Morgan fingerprint density at radius 1 is 0.714 bits per heavy atom. The molecule has 298 valence electrons. The van der Waals surface area contributed by atoms with E-state index in [0.29, 0.717) is 48.7 Å². The van der Waals surface area contributed by atoms with Gasteiger partial charge in [0.25, 0.3) is 0 Å². The van der Waals surface area contributed by atoms with Gasteiger partial charge >= 0.3 is 12.2 Å². The molecular weight excluding hydrogens is 720 g/mol. The van der Waals surface area contributed by atoms with Gasteiger partial charge in [0.2, 0.25) is 11.8 Å². The number of alkyl carbamates (subject to hydrolysis) is 2. The van der Waals surface area contributed by atoms with E-state index >= 15 is 0 Å². The quantitative estimate of drug-likeness (QED) is 0.118. The largest absolute Gasteiger partial charge is 0.461 e.